The van der Waals surface area contributed by atoms with Crippen molar-refractivity contribution in [1.29, 1.82) is 10.8 Å². The van der Waals surface area contributed by atoms with Crippen molar-refractivity contribution in [3.05, 3.63) is 19.0 Å². The predicted octanol–water partition coefficient (Wildman–Crippen LogP) is 3.73. The Morgan fingerprint density at radius 1 is 0.833 bits per heavy atom. The minimum Gasteiger partial charge on any atom is -0.297 e. The molecule has 0 aromatic heterocycles. The molecule has 0 fully saturated rings. The van der Waals surface area contributed by atoms with Crippen LogP contribution < -0.4 is 0 Å². The third kappa shape index (κ3) is 1.53. The van der Waals surface area contributed by atoms with Gasteiger partial charge in [0.2, 0.25) is 0 Å². The Bertz CT molecular complexity index is 294. The first-order valence-corrected chi connectivity index (χ1v) is 5.10. The average Bonchev–Trinajstić information content (AvgIpc) is 2.08. The topological polar surface area (TPSA) is 47.7 Å². The number of allylic oxidation sites excluding steroid dienone is 4. The zero-order valence-electron chi connectivity index (χ0n) is 5.51. The predicted molar refractivity (Wildman–Crippen MR) is 59.1 cm³/mol. The SMILES string of the molecule is N=C1C(=N)C(Br)=C(Cl)C(Cl)=C1Br. The lowest BCUT2D eigenvalue weighted by atomic mass is 10.1. The fourth-order valence-electron chi connectivity index (χ4n) is 0.632. The summed E-state index contributed by atoms with van der Waals surface area (Å²) >= 11 is 17.6. The van der Waals surface area contributed by atoms with Crippen LogP contribution in [0.5, 0.6) is 0 Å². The van der Waals surface area contributed by atoms with Crippen molar-refractivity contribution in [2.24, 2.45) is 0 Å². The molecule has 0 aromatic carbocycles. The van der Waals surface area contributed by atoms with Gasteiger partial charge in [0, 0.05) is 0 Å². The molecule has 0 radical (unpaired) electrons. The van der Waals surface area contributed by atoms with Crippen molar-refractivity contribution < 1.29 is 0 Å². The van der Waals surface area contributed by atoms with E-state index in [-0.39, 0.29) is 21.5 Å². The van der Waals surface area contributed by atoms with Crippen LogP contribution in [0.25, 0.3) is 0 Å². The van der Waals surface area contributed by atoms with Crippen LogP contribution in [0.2, 0.25) is 0 Å². The van der Waals surface area contributed by atoms with Crippen LogP contribution in [0.4, 0.5) is 0 Å². The van der Waals surface area contributed by atoms with E-state index in [4.69, 9.17) is 34.0 Å². The fraction of sp³-hybridized carbons (Fsp3) is 0. The standard InChI is InChI=1S/C6H2Br2Cl2N2/c7-1-3(9)4(10)2(8)6(12)5(1)11/h11-12H. The summed E-state index contributed by atoms with van der Waals surface area (Å²) in [5.41, 5.74) is 0.0487. The molecule has 1 aliphatic carbocycles. The molecular formula is C6H2Br2Cl2N2. The molecular weight excluding hydrogens is 331 g/mol. The summed E-state index contributed by atoms with van der Waals surface area (Å²) in [7, 11) is 0. The molecule has 12 heavy (non-hydrogen) atoms. The van der Waals surface area contributed by atoms with E-state index in [1.54, 1.807) is 0 Å². The lowest BCUT2D eigenvalue weighted by Crippen LogP contribution is -2.17. The second kappa shape index (κ2) is 3.62. The largest absolute Gasteiger partial charge is 0.297 e. The lowest BCUT2D eigenvalue weighted by Gasteiger charge is -2.14. The summed E-state index contributed by atoms with van der Waals surface area (Å²) in [6.45, 7) is 0. The van der Waals surface area contributed by atoms with Crippen molar-refractivity contribution in [3.63, 3.8) is 0 Å². The van der Waals surface area contributed by atoms with Crippen LogP contribution in [0, 0.1) is 10.8 Å². The molecule has 0 atom stereocenters. The highest BCUT2D eigenvalue weighted by molar-refractivity contribution is 9.12. The Balaban J connectivity index is 3.37. The zero-order valence-corrected chi connectivity index (χ0v) is 10.2. The van der Waals surface area contributed by atoms with Gasteiger partial charge in [-0.1, -0.05) is 23.2 Å². The van der Waals surface area contributed by atoms with Crippen molar-refractivity contribution in [3.8, 4) is 0 Å². The lowest BCUT2D eigenvalue weighted by molar-refractivity contribution is 1.47. The van der Waals surface area contributed by atoms with E-state index in [0.29, 0.717) is 8.96 Å². The van der Waals surface area contributed by atoms with Gasteiger partial charge < -0.3 is 0 Å². The van der Waals surface area contributed by atoms with Gasteiger partial charge in [-0.3, -0.25) is 10.8 Å². The highest BCUT2D eigenvalue weighted by atomic mass is 79.9. The van der Waals surface area contributed by atoms with E-state index in [0.717, 1.165) is 0 Å². The maximum Gasteiger partial charge on any atom is 0.0959 e. The number of nitrogens with one attached hydrogen (secondary N) is 2. The summed E-state index contributed by atoms with van der Waals surface area (Å²) in [6.07, 6.45) is 0. The molecule has 2 nitrogen and oxygen atoms in total. The van der Waals surface area contributed by atoms with E-state index in [2.05, 4.69) is 31.9 Å². The molecule has 64 valence electrons. The second-order valence-electron chi connectivity index (χ2n) is 2.01. The van der Waals surface area contributed by atoms with Gasteiger partial charge in [-0.05, 0) is 31.9 Å². The number of hydrogen-bond donors (Lipinski definition) is 2. The van der Waals surface area contributed by atoms with E-state index in [9.17, 15) is 0 Å². The molecule has 0 heterocycles. The van der Waals surface area contributed by atoms with Gasteiger partial charge in [0.15, 0.2) is 0 Å². The van der Waals surface area contributed by atoms with Gasteiger partial charge in [-0.25, -0.2) is 0 Å². The first-order chi connectivity index (χ1) is 5.46. The highest BCUT2D eigenvalue weighted by Gasteiger charge is 2.25. The van der Waals surface area contributed by atoms with Crippen LogP contribution in [0.15, 0.2) is 19.0 Å². The van der Waals surface area contributed by atoms with E-state index in [1.165, 1.54) is 0 Å². The van der Waals surface area contributed by atoms with Gasteiger partial charge in [0.05, 0.1) is 30.5 Å². The summed E-state index contributed by atoms with van der Waals surface area (Å²) in [4.78, 5) is 0. The molecule has 0 amide bonds. The number of rotatable bonds is 0. The highest BCUT2D eigenvalue weighted by Crippen LogP contribution is 2.36. The third-order valence-corrected chi connectivity index (χ3v) is 4.16. The Labute approximate surface area is 95.9 Å². The van der Waals surface area contributed by atoms with Gasteiger partial charge in [0.1, 0.15) is 0 Å². The Kier molecular flexibility index (Phi) is 3.15. The van der Waals surface area contributed by atoms with Gasteiger partial charge >= 0.3 is 0 Å². The molecule has 0 unspecified atom stereocenters. The monoisotopic (exact) mass is 330 g/mol. The van der Waals surface area contributed by atoms with E-state index in [1.807, 2.05) is 0 Å². The van der Waals surface area contributed by atoms with Crippen LogP contribution in [-0.2, 0) is 0 Å². The van der Waals surface area contributed by atoms with E-state index < -0.39 is 0 Å². The van der Waals surface area contributed by atoms with Crippen LogP contribution in [-0.4, -0.2) is 11.4 Å². The third-order valence-electron chi connectivity index (χ3n) is 1.27. The quantitative estimate of drug-likeness (QED) is 0.635. The van der Waals surface area contributed by atoms with Gasteiger partial charge in [-0.2, -0.15) is 0 Å². The Morgan fingerprint density at radius 3 is 1.33 bits per heavy atom. The van der Waals surface area contributed by atoms with Crippen molar-refractivity contribution in [2.45, 2.75) is 0 Å². The molecule has 0 aliphatic heterocycles. The molecule has 2 N–H and O–H groups in total. The summed E-state index contributed by atoms with van der Waals surface area (Å²) in [5, 5.41) is 15.3. The summed E-state index contributed by atoms with van der Waals surface area (Å²) < 4.78 is 0.699. The minimum atomic E-state index is 0.0243. The molecule has 0 saturated carbocycles. The summed E-state index contributed by atoms with van der Waals surface area (Å²) in [6, 6.07) is 0. The maximum atomic E-state index is 7.41. The van der Waals surface area contributed by atoms with Gasteiger partial charge in [-0.15, -0.1) is 0 Å². The maximum absolute atomic E-state index is 7.41. The molecule has 0 spiro atoms. The van der Waals surface area contributed by atoms with E-state index >= 15 is 0 Å². The first kappa shape index (κ1) is 10.4. The van der Waals surface area contributed by atoms with Crippen LogP contribution in [0.3, 0.4) is 0 Å². The number of halogens is 4. The molecule has 0 bridgehead atoms. The zero-order chi connectivity index (χ0) is 9.46. The normalized spacial score (nSPS) is 19.3. The van der Waals surface area contributed by atoms with Gasteiger partial charge in [0.25, 0.3) is 0 Å². The Hall–Kier alpha value is 0.360. The average molecular weight is 333 g/mol. The smallest absolute Gasteiger partial charge is 0.0959 e. The van der Waals surface area contributed by atoms with Crippen molar-refractivity contribution >= 4 is 66.5 Å². The fourth-order valence-corrected chi connectivity index (χ4v) is 2.03. The molecule has 1 aliphatic rings. The molecule has 0 aromatic rings. The summed E-state index contributed by atoms with van der Waals surface area (Å²) in [5.74, 6) is 0. The van der Waals surface area contributed by atoms with Crippen molar-refractivity contribution in [1.82, 2.24) is 0 Å². The Morgan fingerprint density at radius 2 is 1.08 bits per heavy atom. The number of hydrogen-bond acceptors (Lipinski definition) is 2. The molecule has 0 saturated heterocycles. The first-order valence-electron chi connectivity index (χ1n) is 2.76. The minimum absolute atomic E-state index is 0.0243. The van der Waals surface area contributed by atoms with Crippen LogP contribution in [0.1, 0.15) is 0 Å². The molecule has 6 heteroatoms. The van der Waals surface area contributed by atoms with Crippen molar-refractivity contribution in [2.75, 3.05) is 0 Å². The molecule has 1 rings (SSSR count). The second-order valence-corrected chi connectivity index (χ2v) is 4.35. The van der Waals surface area contributed by atoms with Crippen LogP contribution >= 0.6 is 55.1 Å².